The lowest BCUT2D eigenvalue weighted by Gasteiger charge is -2.26. The van der Waals surface area contributed by atoms with Crippen molar-refractivity contribution < 1.29 is 22.5 Å². The Kier molecular flexibility index (Phi) is 7.49. The van der Waals surface area contributed by atoms with E-state index in [4.69, 9.17) is 5.14 Å². The molecule has 3 aromatic heterocycles. The summed E-state index contributed by atoms with van der Waals surface area (Å²) in [6.07, 6.45) is 3.96. The van der Waals surface area contributed by atoms with Gasteiger partial charge in [-0.05, 0) is 53.3 Å². The van der Waals surface area contributed by atoms with Gasteiger partial charge in [0, 0.05) is 42.7 Å². The number of thiophene rings is 2. The number of carbonyl (C=O) groups excluding carboxylic acids is 1. The van der Waals surface area contributed by atoms with Crippen molar-refractivity contribution in [3.05, 3.63) is 61.9 Å². The summed E-state index contributed by atoms with van der Waals surface area (Å²) in [5.41, 5.74) is 2.85. The highest BCUT2D eigenvalue weighted by molar-refractivity contribution is 7.84. The highest BCUT2D eigenvalue weighted by Gasteiger charge is 2.35. The fourth-order valence-electron chi connectivity index (χ4n) is 4.80. The van der Waals surface area contributed by atoms with Crippen molar-refractivity contribution in [2.75, 3.05) is 18.5 Å². The molecule has 0 amide bonds. The Balaban J connectivity index is 1.23. The Hall–Kier alpha value is -2.26. The van der Waals surface area contributed by atoms with E-state index in [9.17, 15) is 18.3 Å². The molecule has 3 aromatic rings. The minimum absolute atomic E-state index is 0.166. The van der Waals surface area contributed by atoms with E-state index in [0.29, 0.717) is 29.1 Å². The predicted octanol–water partition coefficient (Wildman–Crippen LogP) is 2.16. The third kappa shape index (κ3) is 5.99. The molecule has 0 bridgehead atoms. The summed E-state index contributed by atoms with van der Waals surface area (Å²) in [4.78, 5) is 26.1. The molecular formula is C23H27N5O5S3. The summed E-state index contributed by atoms with van der Waals surface area (Å²) < 4.78 is 26.8. The van der Waals surface area contributed by atoms with Crippen molar-refractivity contribution in [2.45, 2.75) is 44.5 Å². The van der Waals surface area contributed by atoms with E-state index in [0.717, 1.165) is 31.6 Å². The molecular weight excluding hydrogens is 522 g/mol. The average molecular weight is 550 g/mol. The van der Waals surface area contributed by atoms with Gasteiger partial charge in [0.25, 0.3) is 0 Å². The first-order valence-corrected chi connectivity index (χ1v) is 14.8. The Bertz CT molecular complexity index is 1340. The second kappa shape index (κ2) is 10.6. The second-order valence-corrected chi connectivity index (χ2v) is 12.3. The largest absolute Gasteiger partial charge is 0.393 e. The molecule has 0 aromatic carbocycles. The lowest BCUT2D eigenvalue weighted by Crippen LogP contribution is -2.28. The molecule has 2 aliphatic rings. The number of carbonyl (C=O) groups is 1. The van der Waals surface area contributed by atoms with Crippen LogP contribution in [-0.2, 0) is 34.0 Å². The normalized spacial score (nSPS) is 22.4. The van der Waals surface area contributed by atoms with Crippen molar-refractivity contribution in [3.8, 4) is 0 Å². The third-order valence-corrected chi connectivity index (χ3v) is 9.04. The number of hydrogen-bond acceptors (Lipinski definition) is 11. The molecule has 0 saturated heterocycles. The maximum absolute atomic E-state index is 13.3. The summed E-state index contributed by atoms with van der Waals surface area (Å²) in [7, 11) is -4.08. The minimum Gasteiger partial charge on any atom is -0.393 e. The smallest absolute Gasteiger partial charge is 0.333 e. The highest BCUT2D eigenvalue weighted by Crippen LogP contribution is 2.31. The number of aliphatic hydroxyl groups excluding tert-OH is 1. The van der Waals surface area contributed by atoms with Crippen LogP contribution in [0.1, 0.15) is 44.1 Å². The van der Waals surface area contributed by atoms with Crippen molar-refractivity contribution in [2.24, 2.45) is 11.1 Å². The zero-order valence-corrected chi connectivity index (χ0v) is 21.8. The lowest BCUT2D eigenvalue weighted by molar-refractivity contribution is 0.101. The van der Waals surface area contributed by atoms with E-state index >= 15 is 0 Å². The van der Waals surface area contributed by atoms with Gasteiger partial charge in [0.1, 0.15) is 12.1 Å². The van der Waals surface area contributed by atoms with Gasteiger partial charge in [-0.25, -0.2) is 15.1 Å². The standard InChI is InChI=1S/C23H27N5O5S3/c24-36(31,32)33-11-16-6-17(7-19(16)29)27-23-18(8-25-13-26-23)22(30)21-5-14(12-35-21)9-28-3-1-20-15(10-28)2-4-34-20/h2,4-5,8,12-13,16-17,19,29H,1,3,6-7,9-11H2,(H2,24,31,32)(H,25,26,27)/t16?,17-,19+/m1/s1. The monoisotopic (exact) mass is 549 g/mol. The molecule has 0 spiro atoms. The van der Waals surface area contributed by atoms with Crippen molar-refractivity contribution in [3.63, 3.8) is 0 Å². The van der Waals surface area contributed by atoms with Gasteiger partial charge in [0.2, 0.25) is 5.78 Å². The second-order valence-electron chi connectivity index (χ2n) is 9.18. The third-order valence-electron chi connectivity index (χ3n) is 6.57. The molecule has 192 valence electrons. The number of rotatable bonds is 9. The molecule has 1 fully saturated rings. The van der Waals surface area contributed by atoms with Gasteiger partial charge in [0.05, 0.1) is 23.2 Å². The molecule has 0 radical (unpaired) electrons. The molecule has 3 atom stereocenters. The van der Waals surface area contributed by atoms with Crippen molar-refractivity contribution >= 4 is 44.6 Å². The van der Waals surface area contributed by atoms with Crippen LogP contribution < -0.4 is 10.5 Å². The van der Waals surface area contributed by atoms with Crippen LogP contribution in [0.3, 0.4) is 0 Å². The van der Waals surface area contributed by atoms with Crippen LogP contribution in [0, 0.1) is 5.92 Å². The van der Waals surface area contributed by atoms with E-state index in [1.807, 2.05) is 22.8 Å². The summed E-state index contributed by atoms with van der Waals surface area (Å²) in [5.74, 6) is -0.182. The van der Waals surface area contributed by atoms with Gasteiger partial charge in [-0.1, -0.05) is 0 Å². The maximum atomic E-state index is 13.3. The van der Waals surface area contributed by atoms with Gasteiger partial charge >= 0.3 is 10.3 Å². The van der Waals surface area contributed by atoms with Crippen LogP contribution in [0.5, 0.6) is 0 Å². The molecule has 13 heteroatoms. The zero-order valence-electron chi connectivity index (χ0n) is 19.4. The summed E-state index contributed by atoms with van der Waals surface area (Å²) in [5, 5.41) is 22.6. The van der Waals surface area contributed by atoms with Gasteiger partial charge < -0.3 is 10.4 Å². The van der Waals surface area contributed by atoms with Crippen LogP contribution in [0.15, 0.2) is 35.4 Å². The van der Waals surface area contributed by atoms with Crippen LogP contribution >= 0.6 is 22.7 Å². The molecule has 1 aliphatic carbocycles. The Morgan fingerprint density at radius 3 is 3.03 bits per heavy atom. The number of nitrogens with one attached hydrogen (secondary N) is 1. The van der Waals surface area contributed by atoms with Crippen molar-refractivity contribution in [1.82, 2.24) is 14.9 Å². The number of nitrogens with two attached hydrogens (primary N) is 1. The van der Waals surface area contributed by atoms with E-state index in [1.165, 1.54) is 34.3 Å². The minimum atomic E-state index is -4.08. The first-order chi connectivity index (χ1) is 17.2. The van der Waals surface area contributed by atoms with E-state index in [1.54, 1.807) is 0 Å². The van der Waals surface area contributed by atoms with Gasteiger partial charge in [0.15, 0.2) is 0 Å². The summed E-state index contributed by atoms with van der Waals surface area (Å²) in [6.45, 7) is 2.52. The fourth-order valence-corrected chi connectivity index (χ4v) is 6.91. The van der Waals surface area contributed by atoms with E-state index in [2.05, 4.69) is 35.8 Å². The first-order valence-electron chi connectivity index (χ1n) is 11.6. The fraction of sp³-hybridized carbons (Fsp3) is 0.435. The number of hydrogen-bond donors (Lipinski definition) is 3. The first kappa shape index (κ1) is 25.4. The Morgan fingerprint density at radius 1 is 1.33 bits per heavy atom. The number of fused-ring (bicyclic) bond motifs is 1. The quantitative estimate of drug-likeness (QED) is 0.342. The van der Waals surface area contributed by atoms with Gasteiger partial charge in [-0.2, -0.15) is 8.42 Å². The number of nitrogens with zero attached hydrogens (tertiary/aromatic N) is 3. The number of ketones is 1. The van der Waals surface area contributed by atoms with Crippen LogP contribution in [-0.4, -0.2) is 59.5 Å². The highest BCUT2D eigenvalue weighted by atomic mass is 32.2. The summed E-state index contributed by atoms with van der Waals surface area (Å²) >= 11 is 3.23. The van der Waals surface area contributed by atoms with Crippen LogP contribution in [0.25, 0.3) is 0 Å². The molecule has 1 saturated carbocycles. The van der Waals surface area contributed by atoms with Gasteiger partial charge in [-0.3, -0.25) is 13.9 Å². The Morgan fingerprint density at radius 2 is 2.19 bits per heavy atom. The molecule has 1 aliphatic heterocycles. The van der Waals surface area contributed by atoms with E-state index < -0.39 is 22.3 Å². The van der Waals surface area contributed by atoms with Crippen LogP contribution in [0.4, 0.5) is 5.82 Å². The molecule has 5 rings (SSSR count). The number of aliphatic hydroxyl groups is 1. The topological polar surface area (TPSA) is 148 Å². The average Bonchev–Trinajstić information content (AvgIpc) is 3.57. The van der Waals surface area contributed by atoms with Crippen molar-refractivity contribution in [1.29, 1.82) is 0 Å². The lowest BCUT2D eigenvalue weighted by atomic mass is 10.1. The summed E-state index contributed by atoms with van der Waals surface area (Å²) in [6, 6.07) is 3.92. The SMILES string of the molecule is NS(=O)(=O)OCC1C[C@@H](Nc2ncncc2C(=O)c2cc(CN3CCc4sccc4C3)cs2)C[C@@H]1O. The van der Waals surface area contributed by atoms with Gasteiger partial charge in [-0.15, -0.1) is 22.7 Å². The predicted molar refractivity (Wildman–Crippen MR) is 137 cm³/mol. The number of aromatic nitrogens is 2. The molecule has 4 heterocycles. The van der Waals surface area contributed by atoms with Crippen LogP contribution in [0.2, 0.25) is 0 Å². The Labute approximate surface area is 217 Å². The molecule has 36 heavy (non-hydrogen) atoms. The van der Waals surface area contributed by atoms with E-state index in [-0.39, 0.29) is 18.4 Å². The molecule has 1 unspecified atom stereocenters. The molecule has 10 nitrogen and oxygen atoms in total. The maximum Gasteiger partial charge on any atom is 0.333 e. The molecule has 4 N–H and O–H groups in total. The number of anilines is 1. The zero-order chi connectivity index (χ0) is 25.3.